The van der Waals surface area contributed by atoms with Crippen molar-refractivity contribution in [2.45, 2.75) is 59.2 Å². The molecule has 3 heteroatoms. The Morgan fingerprint density at radius 1 is 1.26 bits per heavy atom. The molecule has 1 unspecified atom stereocenters. The van der Waals surface area contributed by atoms with Gasteiger partial charge in [0.1, 0.15) is 5.82 Å². The number of hydrogen-bond donors (Lipinski definition) is 1. The summed E-state index contributed by atoms with van der Waals surface area (Å²) in [6.45, 7) is 9.18. The van der Waals surface area contributed by atoms with E-state index in [9.17, 15) is 4.39 Å². The lowest BCUT2D eigenvalue weighted by Crippen LogP contribution is -2.29. The highest BCUT2D eigenvalue weighted by molar-refractivity contribution is 5.49. The molecule has 0 amide bonds. The first-order chi connectivity index (χ1) is 8.95. The van der Waals surface area contributed by atoms with E-state index in [-0.39, 0.29) is 5.82 Å². The molecule has 1 aromatic carbocycles. The summed E-state index contributed by atoms with van der Waals surface area (Å²) in [6, 6.07) is 6.30. The van der Waals surface area contributed by atoms with Crippen LogP contribution in [0.5, 0.6) is 0 Å². The van der Waals surface area contributed by atoms with Crippen LogP contribution in [0.2, 0.25) is 0 Å². The molecule has 0 saturated heterocycles. The van der Waals surface area contributed by atoms with Gasteiger partial charge in [-0.1, -0.05) is 33.3 Å². The Labute approximate surface area is 117 Å². The van der Waals surface area contributed by atoms with Crippen molar-refractivity contribution < 1.29 is 4.39 Å². The van der Waals surface area contributed by atoms with Crippen molar-refractivity contribution in [1.29, 1.82) is 0 Å². The molecule has 108 valence electrons. The minimum absolute atomic E-state index is 0.131. The SMILES string of the molecule is CCCC(C)N(C)c1ccc(CNC(C)C)cc1F. The van der Waals surface area contributed by atoms with Crippen molar-refractivity contribution in [3.63, 3.8) is 0 Å². The van der Waals surface area contributed by atoms with Crippen molar-refractivity contribution in [3.8, 4) is 0 Å². The molecule has 1 atom stereocenters. The predicted molar refractivity (Wildman–Crippen MR) is 81.1 cm³/mol. The van der Waals surface area contributed by atoms with Gasteiger partial charge in [0.15, 0.2) is 0 Å². The summed E-state index contributed by atoms with van der Waals surface area (Å²) in [6.07, 6.45) is 2.19. The van der Waals surface area contributed by atoms with Gasteiger partial charge in [-0.2, -0.15) is 0 Å². The molecule has 0 radical (unpaired) electrons. The molecule has 0 aliphatic carbocycles. The second-order valence-electron chi connectivity index (χ2n) is 5.57. The van der Waals surface area contributed by atoms with Crippen molar-refractivity contribution in [1.82, 2.24) is 5.32 Å². The van der Waals surface area contributed by atoms with Crippen molar-refractivity contribution in [2.24, 2.45) is 0 Å². The minimum atomic E-state index is -0.131. The van der Waals surface area contributed by atoms with Crippen LogP contribution < -0.4 is 10.2 Å². The Morgan fingerprint density at radius 3 is 2.47 bits per heavy atom. The van der Waals surface area contributed by atoms with Gasteiger partial charge in [-0.25, -0.2) is 4.39 Å². The summed E-state index contributed by atoms with van der Waals surface area (Å²) in [7, 11) is 1.96. The summed E-state index contributed by atoms with van der Waals surface area (Å²) in [5.74, 6) is -0.131. The van der Waals surface area contributed by atoms with Crippen molar-refractivity contribution in [3.05, 3.63) is 29.6 Å². The largest absolute Gasteiger partial charge is 0.370 e. The van der Waals surface area contributed by atoms with Gasteiger partial charge in [0.05, 0.1) is 5.69 Å². The van der Waals surface area contributed by atoms with Gasteiger partial charge in [0.2, 0.25) is 0 Å². The Balaban J connectivity index is 2.76. The van der Waals surface area contributed by atoms with E-state index in [1.165, 1.54) is 0 Å². The molecule has 2 nitrogen and oxygen atoms in total. The molecule has 0 saturated carbocycles. The van der Waals surface area contributed by atoms with E-state index in [2.05, 4.69) is 33.0 Å². The lowest BCUT2D eigenvalue weighted by atomic mass is 10.1. The third-order valence-corrected chi connectivity index (χ3v) is 3.47. The van der Waals surface area contributed by atoms with Gasteiger partial charge < -0.3 is 10.2 Å². The van der Waals surface area contributed by atoms with Crippen LogP contribution in [0.3, 0.4) is 0 Å². The Bertz CT molecular complexity index is 390. The van der Waals surface area contributed by atoms with E-state index in [0.717, 1.165) is 18.4 Å². The average molecular weight is 266 g/mol. The smallest absolute Gasteiger partial charge is 0.146 e. The molecule has 1 N–H and O–H groups in total. The highest BCUT2D eigenvalue weighted by atomic mass is 19.1. The molecule has 0 aliphatic heterocycles. The van der Waals surface area contributed by atoms with Gasteiger partial charge in [0, 0.05) is 25.7 Å². The summed E-state index contributed by atoms with van der Waals surface area (Å²) < 4.78 is 14.2. The number of benzene rings is 1. The van der Waals surface area contributed by atoms with E-state index in [0.29, 0.717) is 24.3 Å². The highest BCUT2D eigenvalue weighted by Gasteiger charge is 2.13. The molecule has 0 bridgehead atoms. The summed E-state index contributed by atoms with van der Waals surface area (Å²) in [5, 5.41) is 3.30. The number of nitrogens with zero attached hydrogens (tertiary/aromatic N) is 1. The number of hydrogen-bond acceptors (Lipinski definition) is 2. The maximum absolute atomic E-state index is 14.2. The van der Waals surface area contributed by atoms with E-state index in [1.807, 2.05) is 24.1 Å². The zero-order valence-electron chi connectivity index (χ0n) is 12.8. The van der Waals surface area contributed by atoms with Crippen molar-refractivity contribution in [2.75, 3.05) is 11.9 Å². The van der Waals surface area contributed by atoms with Gasteiger partial charge in [-0.15, -0.1) is 0 Å². The number of rotatable bonds is 7. The summed E-state index contributed by atoms with van der Waals surface area (Å²) in [5.41, 5.74) is 1.68. The molecule has 19 heavy (non-hydrogen) atoms. The topological polar surface area (TPSA) is 15.3 Å². The molecule has 0 fully saturated rings. The summed E-state index contributed by atoms with van der Waals surface area (Å²) >= 11 is 0. The molecule has 1 rings (SSSR count). The van der Waals surface area contributed by atoms with Crippen LogP contribution >= 0.6 is 0 Å². The third-order valence-electron chi connectivity index (χ3n) is 3.47. The lowest BCUT2D eigenvalue weighted by molar-refractivity contribution is 0.570. The maximum atomic E-state index is 14.2. The zero-order chi connectivity index (χ0) is 14.4. The predicted octanol–water partition coefficient (Wildman–Crippen LogP) is 3.95. The van der Waals surface area contributed by atoms with Gasteiger partial charge in [-0.3, -0.25) is 0 Å². The van der Waals surface area contributed by atoms with Crippen LogP contribution in [0, 0.1) is 5.82 Å². The van der Waals surface area contributed by atoms with E-state index in [4.69, 9.17) is 0 Å². The second-order valence-corrected chi connectivity index (χ2v) is 5.57. The fourth-order valence-electron chi connectivity index (χ4n) is 2.12. The fraction of sp³-hybridized carbons (Fsp3) is 0.625. The van der Waals surface area contributed by atoms with Crippen LogP contribution in [0.1, 0.15) is 46.1 Å². The summed E-state index contributed by atoms with van der Waals surface area (Å²) in [4.78, 5) is 2.03. The third kappa shape index (κ3) is 4.83. The minimum Gasteiger partial charge on any atom is -0.370 e. The van der Waals surface area contributed by atoms with Crippen LogP contribution in [0.25, 0.3) is 0 Å². The first kappa shape index (κ1) is 16.0. The lowest BCUT2D eigenvalue weighted by Gasteiger charge is -2.27. The fourth-order valence-corrected chi connectivity index (χ4v) is 2.12. The van der Waals surface area contributed by atoms with E-state index in [1.54, 1.807) is 6.07 Å². The highest BCUT2D eigenvalue weighted by Crippen LogP contribution is 2.22. The van der Waals surface area contributed by atoms with Gasteiger partial charge in [0.25, 0.3) is 0 Å². The standard InChI is InChI=1S/C16H27FN2/c1-6-7-13(4)19(5)16-9-8-14(10-15(16)17)11-18-12(2)3/h8-10,12-13,18H,6-7,11H2,1-5H3. The number of anilines is 1. The molecule has 0 aromatic heterocycles. The molecule has 0 heterocycles. The first-order valence-corrected chi connectivity index (χ1v) is 7.20. The molecule has 0 spiro atoms. The molecular formula is C16H27FN2. The average Bonchev–Trinajstić information content (AvgIpc) is 2.36. The zero-order valence-corrected chi connectivity index (χ0v) is 12.8. The Kier molecular flexibility index (Phi) is 6.29. The van der Waals surface area contributed by atoms with Crippen LogP contribution in [-0.4, -0.2) is 19.1 Å². The van der Waals surface area contributed by atoms with E-state index >= 15 is 0 Å². The van der Waals surface area contributed by atoms with Crippen LogP contribution in [0.4, 0.5) is 10.1 Å². The van der Waals surface area contributed by atoms with Crippen molar-refractivity contribution >= 4 is 5.69 Å². The monoisotopic (exact) mass is 266 g/mol. The number of nitrogens with one attached hydrogen (secondary N) is 1. The van der Waals surface area contributed by atoms with Gasteiger partial charge in [-0.05, 0) is 31.0 Å². The van der Waals surface area contributed by atoms with E-state index < -0.39 is 0 Å². The Hall–Kier alpha value is -1.09. The normalized spacial score (nSPS) is 12.8. The van der Waals surface area contributed by atoms with Crippen LogP contribution in [0.15, 0.2) is 18.2 Å². The first-order valence-electron chi connectivity index (χ1n) is 7.20. The maximum Gasteiger partial charge on any atom is 0.146 e. The molecule has 0 aliphatic rings. The van der Waals surface area contributed by atoms with Crippen LogP contribution in [-0.2, 0) is 6.54 Å². The quantitative estimate of drug-likeness (QED) is 0.804. The second kappa shape index (κ2) is 7.49. The molecule has 1 aromatic rings. The van der Waals surface area contributed by atoms with Gasteiger partial charge >= 0.3 is 0 Å². The molecular weight excluding hydrogens is 239 g/mol. The number of halogens is 1. The Morgan fingerprint density at radius 2 is 1.95 bits per heavy atom.